The lowest BCUT2D eigenvalue weighted by Gasteiger charge is -2.27. The van der Waals surface area contributed by atoms with Crippen molar-refractivity contribution < 1.29 is 14.6 Å². The highest BCUT2D eigenvalue weighted by Crippen LogP contribution is 2.37. The Kier molecular flexibility index (Phi) is 5.84. The van der Waals surface area contributed by atoms with E-state index in [4.69, 9.17) is 21.1 Å². The lowest BCUT2D eigenvalue weighted by Crippen LogP contribution is -2.28. The third-order valence-corrected chi connectivity index (χ3v) is 5.07. The zero-order valence-corrected chi connectivity index (χ0v) is 15.4. The average molecular weight is 362 g/mol. The number of benzene rings is 2. The number of hydrogen-bond acceptors (Lipinski definition) is 4. The molecule has 0 radical (unpaired) electrons. The molecular weight excluding hydrogens is 338 g/mol. The van der Waals surface area contributed by atoms with Crippen molar-refractivity contribution >= 4 is 11.6 Å². The van der Waals surface area contributed by atoms with Gasteiger partial charge in [-0.3, -0.25) is 4.90 Å². The zero-order chi connectivity index (χ0) is 17.8. The Hall–Kier alpha value is -1.75. The minimum atomic E-state index is -0.530. The molecule has 1 N–H and O–H groups in total. The molecule has 1 aliphatic rings. The first kappa shape index (κ1) is 18.1. The van der Waals surface area contributed by atoms with Gasteiger partial charge in [-0.15, -0.1) is 0 Å². The van der Waals surface area contributed by atoms with Crippen LogP contribution in [-0.4, -0.2) is 37.3 Å². The molecule has 0 unspecified atom stereocenters. The van der Waals surface area contributed by atoms with Crippen LogP contribution in [0, 0.1) is 0 Å². The number of nitrogens with zero attached hydrogens (tertiary/aromatic N) is 1. The van der Waals surface area contributed by atoms with Crippen molar-refractivity contribution in [3.63, 3.8) is 0 Å². The van der Waals surface area contributed by atoms with Gasteiger partial charge >= 0.3 is 0 Å². The average Bonchev–Trinajstić information content (AvgIpc) is 3.09. The molecular formula is C20H24ClNO3. The normalized spacial score (nSPS) is 19.0. The summed E-state index contributed by atoms with van der Waals surface area (Å²) in [5.41, 5.74) is 2.08. The summed E-state index contributed by atoms with van der Waals surface area (Å²) in [5, 5.41) is 11.3. The molecule has 5 heteroatoms. The van der Waals surface area contributed by atoms with Gasteiger partial charge in [0.05, 0.1) is 20.3 Å². The second kappa shape index (κ2) is 8.09. The predicted octanol–water partition coefficient (Wildman–Crippen LogP) is 4.23. The Labute approximate surface area is 153 Å². The van der Waals surface area contributed by atoms with Crippen LogP contribution in [0.2, 0.25) is 5.02 Å². The molecule has 0 saturated carbocycles. The Balaban J connectivity index is 1.75. The fraction of sp³-hybridized carbons (Fsp3) is 0.400. The first-order valence-corrected chi connectivity index (χ1v) is 8.89. The summed E-state index contributed by atoms with van der Waals surface area (Å²) in [7, 11) is 3.29. The van der Waals surface area contributed by atoms with Gasteiger partial charge in [-0.2, -0.15) is 0 Å². The van der Waals surface area contributed by atoms with Gasteiger partial charge in [-0.25, -0.2) is 0 Å². The van der Waals surface area contributed by atoms with Gasteiger partial charge in [0.15, 0.2) is 11.5 Å². The summed E-state index contributed by atoms with van der Waals surface area (Å²) in [4.78, 5) is 2.33. The van der Waals surface area contributed by atoms with Crippen molar-refractivity contribution in [2.75, 3.05) is 27.3 Å². The molecule has 4 nitrogen and oxygen atoms in total. The van der Waals surface area contributed by atoms with Crippen LogP contribution in [-0.2, 0) is 0 Å². The maximum absolute atomic E-state index is 10.6. The highest BCUT2D eigenvalue weighted by atomic mass is 35.5. The third kappa shape index (κ3) is 4.09. The summed E-state index contributed by atoms with van der Waals surface area (Å²) in [6, 6.07) is 13.7. The SMILES string of the molecule is COc1ccc([C@@H]2CCCN2C[C@H](O)c2ccc(Cl)cc2)cc1OC. The summed E-state index contributed by atoms with van der Waals surface area (Å²) < 4.78 is 10.8. The number of aliphatic hydroxyl groups excluding tert-OH is 1. The van der Waals surface area contributed by atoms with Crippen LogP contribution in [0.25, 0.3) is 0 Å². The molecule has 1 fully saturated rings. The highest BCUT2D eigenvalue weighted by molar-refractivity contribution is 6.30. The Bertz CT molecular complexity index is 705. The second-order valence-electron chi connectivity index (χ2n) is 6.33. The number of methoxy groups -OCH3 is 2. The van der Waals surface area contributed by atoms with Gasteiger partial charge < -0.3 is 14.6 Å². The molecule has 2 aromatic rings. The Morgan fingerprint density at radius 3 is 2.52 bits per heavy atom. The number of aliphatic hydroxyl groups is 1. The molecule has 3 rings (SSSR count). The largest absolute Gasteiger partial charge is 0.493 e. The first-order valence-electron chi connectivity index (χ1n) is 8.52. The minimum absolute atomic E-state index is 0.279. The van der Waals surface area contributed by atoms with Gasteiger partial charge in [-0.05, 0) is 54.8 Å². The maximum atomic E-state index is 10.6. The molecule has 0 bridgehead atoms. The van der Waals surface area contributed by atoms with E-state index in [1.54, 1.807) is 14.2 Å². The van der Waals surface area contributed by atoms with Crippen molar-refractivity contribution in [2.24, 2.45) is 0 Å². The molecule has 1 aliphatic heterocycles. The summed E-state index contributed by atoms with van der Waals surface area (Å²) >= 11 is 5.93. The van der Waals surface area contributed by atoms with Gasteiger partial charge in [0, 0.05) is 17.6 Å². The van der Waals surface area contributed by atoms with Gasteiger partial charge in [0.1, 0.15) is 0 Å². The second-order valence-corrected chi connectivity index (χ2v) is 6.77. The van der Waals surface area contributed by atoms with Crippen LogP contribution in [0.4, 0.5) is 0 Å². The van der Waals surface area contributed by atoms with Crippen LogP contribution in [0.3, 0.4) is 0 Å². The van der Waals surface area contributed by atoms with E-state index in [1.165, 1.54) is 5.56 Å². The van der Waals surface area contributed by atoms with E-state index in [-0.39, 0.29) is 6.04 Å². The lowest BCUT2D eigenvalue weighted by molar-refractivity contribution is 0.106. The smallest absolute Gasteiger partial charge is 0.161 e. The number of rotatable bonds is 6. The van der Waals surface area contributed by atoms with Crippen molar-refractivity contribution in [2.45, 2.75) is 25.0 Å². The van der Waals surface area contributed by atoms with Gasteiger partial charge in [-0.1, -0.05) is 29.8 Å². The highest BCUT2D eigenvalue weighted by Gasteiger charge is 2.28. The van der Waals surface area contributed by atoms with Crippen LogP contribution < -0.4 is 9.47 Å². The molecule has 0 aliphatic carbocycles. The molecule has 2 atom stereocenters. The first-order chi connectivity index (χ1) is 12.1. The third-order valence-electron chi connectivity index (χ3n) is 4.82. The Morgan fingerprint density at radius 1 is 1.12 bits per heavy atom. The minimum Gasteiger partial charge on any atom is -0.493 e. The molecule has 25 heavy (non-hydrogen) atoms. The summed E-state index contributed by atoms with van der Waals surface area (Å²) in [6.07, 6.45) is 1.66. The predicted molar refractivity (Wildman–Crippen MR) is 99.5 cm³/mol. The van der Waals surface area contributed by atoms with E-state index in [1.807, 2.05) is 36.4 Å². The number of hydrogen-bond donors (Lipinski definition) is 1. The van der Waals surface area contributed by atoms with Crippen LogP contribution in [0.5, 0.6) is 11.5 Å². The maximum Gasteiger partial charge on any atom is 0.161 e. The standard InChI is InChI=1S/C20H24ClNO3/c1-24-19-10-7-15(12-20(19)25-2)17-4-3-11-22(17)13-18(23)14-5-8-16(21)9-6-14/h5-10,12,17-18,23H,3-4,11,13H2,1-2H3/t17-,18-/m0/s1. The van der Waals surface area contributed by atoms with E-state index < -0.39 is 6.10 Å². The van der Waals surface area contributed by atoms with Crippen LogP contribution in [0.1, 0.15) is 36.1 Å². The van der Waals surface area contributed by atoms with Crippen LogP contribution in [0.15, 0.2) is 42.5 Å². The fourth-order valence-corrected chi connectivity index (χ4v) is 3.62. The molecule has 1 heterocycles. The fourth-order valence-electron chi connectivity index (χ4n) is 3.49. The van der Waals surface area contributed by atoms with Gasteiger partial charge in [0.25, 0.3) is 0 Å². The molecule has 0 aromatic heterocycles. The van der Waals surface area contributed by atoms with Gasteiger partial charge in [0.2, 0.25) is 0 Å². The Morgan fingerprint density at radius 2 is 1.84 bits per heavy atom. The van der Waals surface area contributed by atoms with E-state index in [2.05, 4.69) is 11.0 Å². The monoisotopic (exact) mass is 361 g/mol. The lowest BCUT2D eigenvalue weighted by atomic mass is 10.0. The van der Waals surface area contributed by atoms with E-state index in [9.17, 15) is 5.11 Å². The number of β-amino-alcohol motifs (C(OH)–C–C–N with tert-alkyl or cyclic N) is 1. The number of halogens is 1. The molecule has 0 spiro atoms. The molecule has 1 saturated heterocycles. The molecule has 0 amide bonds. The quantitative estimate of drug-likeness (QED) is 0.836. The number of likely N-dealkylation sites (tertiary alicyclic amines) is 1. The topological polar surface area (TPSA) is 41.9 Å². The van der Waals surface area contributed by atoms with E-state index >= 15 is 0 Å². The molecule has 134 valence electrons. The van der Waals surface area contributed by atoms with Crippen molar-refractivity contribution in [3.05, 3.63) is 58.6 Å². The van der Waals surface area contributed by atoms with Crippen molar-refractivity contribution in [1.29, 1.82) is 0 Å². The van der Waals surface area contributed by atoms with E-state index in [0.29, 0.717) is 11.6 Å². The summed E-state index contributed by atoms with van der Waals surface area (Å²) in [6.45, 7) is 1.57. The van der Waals surface area contributed by atoms with Crippen molar-refractivity contribution in [3.8, 4) is 11.5 Å². The summed E-state index contributed by atoms with van der Waals surface area (Å²) in [5.74, 6) is 1.47. The number of ether oxygens (including phenoxy) is 2. The molecule has 2 aromatic carbocycles. The van der Waals surface area contributed by atoms with Crippen molar-refractivity contribution in [1.82, 2.24) is 4.90 Å². The zero-order valence-electron chi connectivity index (χ0n) is 14.6. The van der Waals surface area contributed by atoms with E-state index in [0.717, 1.165) is 36.4 Å². The van der Waals surface area contributed by atoms with Crippen LogP contribution >= 0.6 is 11.6 Å².